The number of aliphatic hydroxyl groups excluding tert-OH is 1. The molecule has 2 N–H and O–H groups in total. The van der Waals surface area contributed by atoms with Gasteiger partial charge in [-0.15, -0.1) is 0 Å². The molecule has 110 valence electrons. The van der Waals surface area contributed by atoms with E-state index in [9.17, 15) is 5.11 Å². The number of methoxy groups -OCH3 is 1. The first-order chi connectivity index (χ1) is 9.69. The van der Waals surface area contributed by atoms with Crippen molar-refractivity contribution < 1.29 is 9.84 Å². The summed E-state index contributed by atoms with van der Waals surface area (Å²) in [6.07, 6.45) is 4.39. The average molecular weight is 275 g/mol. The van der Waals surface area contributed by atoms with Crippen molar-refractivity contribution in [1.29, 1.82) is 0 Å². The van der Waals surface area contributed by atoms with Gasteiger partial charge in [-0.25, -0.2) is 0 Å². The molecule has 0 bridgehead atoms. The van der Waals surface area contributed by atoms with Gasteiger partial charge in [-0.3, -0.25) is 0 Å². The molecule has 1 aliphatic carbocycles. The topological polar surface area (TPSA) is 41.5 Å². The van der Waals surface area contributed by atoms with Gasteiger partial charge in [0, 0.05) is 11.6 Å². The van der Waals surface area contributed by atoms with Crippen molar-refractivity contribution in [3.05, 3.63) is 29.3 Å². The zero-order chi connectivity index (χ0) is 14.1. The van der Waals surface area contributed by atoms with Gasteiger partial charge >= 0.3 is 0 Å². The van der Waals surface area contributed by atoms with Crippen LogP contribution >= 0.6 is 0 Å². The Balaban J connectivity index is 1.73. The number of hydrogen-bond acceptors (Lipinski definition) is 3. The largest absolute Gasteiger partial charge is 0.496 e. The summed E-state index contributed by atoms with van der Waals surface area (Å²) in [5.74, 6) is 2.40. The predicted octanol–water partition coefficient (Wildman–Crippen LogP) is 2.82. The molecule has 1 saturated carbocycles. The van der Waals surface area contributed by atoms with E-state index in [-0.39, 0.29) is 0 Å². The van der Waals surface area contributed by atoms with E-state index in [0.29, 0.717) is 6.04 Å². The second kappa shape index (κ2) is 5.74. The molecule has 1 aromatic rings. The van der Waals surface area contributed by atoms with E-state index < -0.39 is 6.10 Å². The van der Waals surface area contributed by atoms with Crippen LogP contribution in [0.5, 0.6) is 5.75 Å². The minimum atomic E-state index is -0.443. The molecule has 3 nitrogen and oxygen atoms in total. The highest BCUT2D eigenvalue weighted by Gasteiger charge is 2.39. The number of aryl methyl sites for hydroxylation is 1. The lowest BCUT2D eigenvalue weighted by Gasteiger charge is -2.23. The third kappa shape index (κ3) is 2.57. The van der Waals surface area contributed by atoms with Crippen molar-refractivity contribution in [1.82, 2.24) is 5.32 Å². The third-order valence-electron chi connectivity index (χ3n) is 5.10. The molecular formula is C17H25NO2. The Hall–Kier alpha value is -1.06. The van der Waals surface area contributed by atoms with Gasteiger partial charge in [-0.1, -0.05) is 18.1 Å². The maximum absolute atomic E-state index is 10.6. The van der Waals surface area contributed by atoms with Crippen molar-refractivity contribution in [2.45, 2.75) is 44.8 Å². The summed E-state index contributed by atoms with van der Waals surface area (Å²) < 4.78 is 5.39. The summed E-state index contributed by atoms with van der Waals surface area (Å²) >= 11 is 0. The molecule has 0 radical (unpaired) electrons. The molecular weight excluding hydrogens is 250 g/mol. The van der Waals surface area contributed by atoms with Gasteiger partial charge in [0.05, 0.1) is 13.2 Å². The molecule has 0 aromatic heterocycles. The molecule has 1 aliphatic heterocycles. The highest BCUT2D eigenvalue weighted by molar-refractivity contribution is 5.38. The van der Waals surface area contributed by atoms with Crippen molar-refractivity contribution >= 4 is 0 Å². The number of hydrogen-bond donors (Lipinski definition) is 2. The summed E-state index contributed by atoms with van der Waals surface area (Å²) in [6, 6.07) is 6.48. The van der Waals surface area contributed by atoms with Crippen LogP contribution in [0, 0.1) is 18.8 Å². The number of fused-ring (bicyclic) bond motifs is 1. The summed E-state index contributed by atoms with van der Waals surface area (Å²) in [4.78, 5) is 0. The Morgan fingerprint density at radius 1 is 1.40 bits per heavy atom. The highest BCUT2D eigenvalue weighted by Crippen LogP contribution is 2.41. The van der Waals surface area contributed by atoms with Crippen LogP contribution in [0.3, 0.4) is 0 Å². The van der Waals surface area contributed by atoms with E-state index in [2.05, 4.69) is 12.2 Å². The fourth-order valence-corrected chi connectivity index (χ4v) is 4.04. The molecule has 1 aromatic carbocycles. The van der Waals surface area contributed by atoms with Crippen LogP contribution < -0.4 is 10.1 Å². The molecule has 1 heterocycles. The van der Waals surface area contributed by atoms with Crippen molar-refractivity contribution in [2.24, 2.45) is 11.8 Å². The van der Waals surface area contributed by atoms with Gasteiger partial charge in [0.15, 0.2) is 0 Å². The summed E-state index contributed by atoms with van der Waals surface area (Å²) in [5.41, 5.74) is 2.09. The molecule has 4 unspecified atom stereocenters. The number of aliphatic hydroxyl groups is 1. The maximum atomic E-state index is 10.6. The zero-order valence-electron chi connectivity index (χ0n) is 12.4. The number of ether oxygens (including phenoxy) is 1. The van der Waals surface area contributed by atoms with E-state index in [1.807, 2.05) is 18.2 Å². The van der Waals surface area contributed by atoms with Crippen LogP contribution in [0.1, 0.15) is 42.9 Å². The van der Waals surface area contributed by atoms with Crippen LogP contribution in [0.2, 0.25) is 0 Å². The molecule has 3 heteroatoms. The first-order valence-corrected chi connectivity index (χ1v) is 7.75. The Labute approximate surface area is 121 Å². The van der Waals surface area contributed by atoms with Gasteiger partial charge in [0.1, 0.15) is 5.75 Å². The first-order valence-electron chi connectivity index (χ1n) is 7.75. The van der Waals surface area contributed by atoms with E-state index in [0.717, 1.165) is 41.7 Å². The number of nitrogens with one attached hydrogen (secondary N) is 1. The molecule has 2 fully saturated rings. The Morgan fingerprint density at radius 3 is 3.05 bits per heavy atom. The van der Waals surface area contributed by atoms with E-state index in [1.54, 1.807) is 7.11 Å². The minimum Gasteiger partial charge on any atom is -0.496 e. The molecule has 3 rings (SSSR count). The van der Waals surface area contributed by atoms with Crippen LogP contribution in [-0.4, -0.2) is 24.8 Å². The quantitative estimate of drug-likeness (QED) is 0.888. The van der Waals surface area contributed by atoms with Crippen LogP contribution in [0.4, 0.5) is 0 Å². The molecule has 0 amide bonds. The molecule has 20 heavy (non-hydrogen) atoms. The third-order valence-corrected chi connectivity index (χ3v) is 5.10. The van der Waals surface area contributed by atoms with E-state index in [1.165, 1.54) is 19.3 Å². The van der Waals surface area contributed by atoms with E-state index >= 15 is 0 Å². The fourth-order valence-electron chi connectivity index (χ4n) is 4.04. The van der Waals surface area contributed by atoms with Crippen molar-refractivity contribution in [2.75, 3.05) is 13.7 Å². The van der Waals surface area contributed by atoms with Gasteiger partial charge in [-0.2, -0.15) is 0 Å². The van der Waals surface area contributed by atoms with E-state index in [4.69, 9.17) is 4.74 Å². The standard InChI is InChI=1S/C17H25NO2/c1-11-6-7-17(20-2)14(8-11)16(19)9-15-13-5-3-4-12(13)10-18-15/h6-8,12-13,15-16,18-19H,3-5,9-10H2,1-2H3. The SMILES string of the molecule is COc1ccc(C)cc1C(O)CC1NCC2CCCC21. The second-order valence-corrected chi connectivity index (χ2v) is 6.37. The van der Waals surface area contributed by atoms with Gasteiger partial charge < -0.3 is 15.2 Å². The zero-order valence-corrected chi connectivity index (χ0v) is 12.4. The summed E-state index contributed by atoms with van der Waals surface area (Å²) in [6.45, 7) is 3.18. The normalized spacial score (nSPS) is 30.2. The fraction of sp³-hybridized carbons (Fsp3) is 0.647. The van der Waals surface area contributed by atoms with Gasteiger partial charge in [0.25, 0.3) is 0 Å². The van der Waals surface area contributed by atoms with Gasteiger partial charge in [-0.05, 0) is 56.7 Å². The number of rotatable bonds is 4. The van der Waals surface area contributed by atoms with Crippen LogP contribution in [0.25, 0.3) is 0 Å². The lowest BCUT2D eigenvalue weighted by molar-refractivity contribution is 0.141. The first kappa shape index (κ1) is 13.9. The molecule has 2 aliphatic rings. The van der Waals surface area contributed by atoms with Crippen LogP contribution in [-0.2, 0) is 0 Å². The van der Waals surface area contributed by atoms with Crippen molar-refractivity contribution in [3.63, 3.8) is 0 Å². The smallest absolute Gasteiger partial charge is 0.124 e. The number of benzene rings is 1. The van der Waals surface area contributed by atoms with Crippen molar-refractivity contribution in [3.8, 4) is 5.75 Å². The molecule has 4 atom stereocenters. The monoisotopic (exact) mass is 275 g/mol. The summed E-state index contributed by atoms with van der Waals surface area (Å²) in [5, 5.41) is 14.2. The Bertz CT molecular complexity index is 474. The Kier molecular flexibility index (Phi) is 3.99. The Morgan fingerprint density at radius 2 is 2.25 bits per heavy atom. The summed E-state index contributed by atoms with van der Waals surface area (Å²) in [7, 11) is 1.67. The highest BCUT2D eigenvalue weighted by atomic mass is 16.5. The lowest BCUT2D eigenvalue weighted by atomic mass is 9.89. The second-order valence-electron chi connectivity index (χ2n) is 6.37. The van der Waals surface area contributed by atoms with Crippen LogP contribution in [0.15, 0.2) is 18.2 Å². The molecule has 0 spiro atoms. The lowest BCUT2D eigenvalue weighted by Crippen LogP contribution is -2.29. The van der Waals surface area contributed by atoms with Gasteiger partial charge in [0.2, 0.25) is 0 Å². The predicted molar refractivity (Wildman–Crippen MR) is 79.9 cm³/mol. The average Bonchev–Trinajstić information content (AvgIpc) is 3.03. The molecule has 1 saturated heterocycles. The minimum absolute atomic E-state index is 0.443. The maximum Gasteiger partial charge on any atom is 0.124 e.